The van der Waals surface area contributed by atoms with Gasteiger partial charge in [0.05, 0.1) is 6.04 Å². The van der Waals surface area contributed by atoms with Crippen LogP contribution in [-0.2, 0) is 32.0 Å². The molecule has 0 aliphatic rings. The van der Waals surface area contributed by atoms with Crippen LogP contribution in [0.3, 0.4) is 0 Å². The topological polar surface area (TPSA) is 221 Å². The Morgan fingerprint density at radius 3 is 1.83 bits per heavy atom. The second kappa shape index (κ2) is 17.4. The van der Waals surface area contributed by atoms with E-state index in [1.807, 2.05) is 74.5 Å². The summed E-state index contributed by atoms with van der Waals surface area (Å²) in [7, 11) is 0. The lowest BCUT2D eigenvalue weighted by molar-refractivity contribution is -0.134. The van der Waals surface area contributed by atoms with Gasteiger partial charge in [0.15, 0.2) is 5.96 Å². The van der Waals surface area contributed by atoms with E-state index in [-0.39, 0.29) is 31.3 Å². The predicted octanol–water partition coefficient (Wildman–Crippen LogP) is -0.161. The SMILES string of the molecule is CCC(C)C(NC(=O)C(N)Cc1ccccc1)C(=O)NC(CCCN=C(N)N)C(=O)NC(Cc1ccccc1)C(N)=O. The Kier molecular flexibility index (Phi) is 14.0. The van der Waals surface area contributed by atoms with Gasteiger partial charge >= 0.3 is 0 Å². The number of hydrogen-bond acceptors (Lipinski definition) is 6. The Bertz CT molecular complexity index is 1190. The molecule has 5 atom stereocenters. The highest BCUT2D eigenvalue weighted by Gasteiger charge is 2.32. The quantitative estimate of drug-likeness (QED) is 0.0760. The third-order valence-electron chi connectivity index (χ3n) is 6.95. The first-order chi connectivity index (χ1) is 20.0. The smallest absolute Gasteiger partial charge is 0.243 e. The lowest BCUT2D eigenvalue weighted by Gasteiger charge is -2.28. The molecule has 12 nitrogen and oxygen atoms in total. The maximum absolute atomic E-state index is 13.5. The van der Waals surface area contributed by atoms with E-state index in [2.05, 4.69) is 20.9 Å². The summed E-state index contributed by atoms with van der Waals surface area (Å²) in [5.41, 5.74) is 24.3. The van der Waals surface area contributed by atoms with Crippen LogP contribution in [-0.4, -0.2) is 60.3 Å². The van der Waals surface area contributed by atoms with Crippen LogP contribution < -0.4 is 38.9 Å². The van der Waals surface area contributed by atoms with Crippen LogP contribution in [0.1, 0.15) is 44.2 Å². The van der Waals surface area contributed by atoms with E-state index in [9.17, 15) is 19.2 Å². The second-order valence-corrected chi connectivity index (χ2v) is 10.3. The predicted molar refractivity (Wildman–Crippen MR) is 163 cm³/mol. The Labute approximate surface area is 247 Å². The molecular formula is C30H44N8O4. The van der Waals surface area contributed by atoms with Gasteiger partial charge in [0, 0.05) is 13.0 Å². The number of nitrogens with two attached hydrogens (primary N) is 4. The van der Waals surface area contributed by atoms with E-state index in [1.54, 1.807) is 0 Å². The van der Waals surface area contributed by atoms with E-state index in [4.69, 9.17) is 22.9 Å². The van der Waals surface area contributed by atoms with Gasteiger partial charge in [-0.1, -0.05) is 80.9 Å². The van der Waals surface area contributed by atoms with Crippen LogP contribution in [0.5, 0.6) is 0 Å². The average Bonchev–Trinajstić information content (AvgIpc) is 2.97. The Morgan fingerprint density at radius 2 is 1.31 bits per heavy atom. The number of aliphatic imine (C=N–C) groups is 1. The van der Waals surface area contributed by atoms with Crippen LogP contribution in [0, 0.1) is 5.92 Å². The molecule has 2 aromatic carbocycles. The van der Waals surface area contributed by atoms with Crippen LogP contribution in [0.2, 0.25) is 0 Å². The molecule has 228 valence electrons. The molecule has 0 aromatic heterocycles. The molecule has 12 heteroatoms. The highest BCUT2D eigenvalue weighted by atomic mass is 16.2. The summed E-state index contributed by atoms with van der Waals surface area (Å²) in [5.74, 6) is -2.70. The number of benzene rings is 2. The summed E-state index contributed by atoms with van der Waals surface area (Å²) in [6.45, 7) is 3.94. The van der Waals surface area contributed by atoms with Crippen molar-refractivity contribution >= 4 is 29.6 Å². The third-order valence-corrected chi connectivity index (χ3v) is 6.95. The number of carbonyl (C=O) groups excluding carboxylic acids is 4. The lowest BCUT2D eigenvalue weighted by Crippen LogP contribution is -2.59. The standard InChI is InChI=1S/C30H44N8O4/c1-3-19(2)25(38-27(40)22(31)17-20-11-6-4-7-12-20)29(42)36-23(15-10-16-35-30(33)34)28(41)37-24(26(32)39)18-21-13-8-5-9-14-21/h4-9,11-14,19,22-25H,3,10,15-18,31H2,1-2H3,(H2,32,39)(H,36,42)(H,37,41)(H,38,40)(H4,33,34,35). The number of nitrogens with one attached hydrogen (secondary N) is 3. The molecule has 2 rings (SSSR count). The third kappa shape index (κ3) is 11.6. The summed E-state index contributed by atoms with van der Waals surface area (Å²) >= 11 is 0. The van der Waals surface area contributed by atoms with Gasteiger partial charge in [-0.25, -0.2) is 0 Å². The van der Waals surface area contributed by atoms with Gasteiger partial charge in [-0.2, -0.15) is 0 Å². The molecule has 0 saturated heterocycles. The van der Waals surface area contributed by atoms with E-state index < -0.39 is 47.8 Å². The molecule has 0 saturated carbocycles. The number of hydrogen-bond donors (Lipinski definition) is 7. The number of nitrogens with zero attached hydrogens (tertiary/aromatic N) is 1. The first kappa shape index (κ1) is 33.8. The number of amides is 4. The monoisotopic (exact) mass is 580 g/mol. The van der Waals surface area contributed by atoms with E-state index in [0.29, 0.717) is 19.3 Å². The Morgan fingerprint density at radius 1 is 0.762 bits per heavy atom. The van der Waals surface area contributed by atoms with Crippen LogP contribution in [0.4, 0.5) is 0 Å². The molecule has 0 aliphatic heterocycles. The van der Waals surface area contributed by atoms with Crippen molar-refractivity contribution in [1.29, 1.82) is 0 Å². The fourth-order valence-electron chi connectivity index (χ4n) is 4.30. The highest BCUT2D eigenvalue weighted by Crippen LogP contribution is 2.11. The number of carbonyl (C=O) groups is 4. The lowest BCUT2D eigenvalue weighted by atomic mass is 9.96. The maximum Gasteiger partial charge on any atom is 0.243 e. The van der Waals surface area contributed by atoms with Crippen molar-refractivity contribution in [3.05, 3.63) is 71.8 Å². The van der Waals surface area contributed by atoms with E-state index in [1.165, 1.54) is 0 Å². The van der Waals surface area contributed by atoms with Crippen LogP contribution in [0.25, 0.3) is 0 Å². The minimum Gasteiger partial charge on any atom is -0.370 e. The number of primary amides is 1. The minimum atomic E-state index is -1.05. The van der Waals surface area contributed by atoms with Crippen LogP contribution in [0.15, 0.2) is 65.7 Å². The zero-order chi connectivity index (χ0) is 31.1. The fourth-order valence-corrected chi connectivity index (χ4v) is 4.30. The second-order valence-electron chi connectivity index (χ2n) is 10.3. The molecule has 0 aliphatic carbocycles. The van der Waals surface area contributed by atoms with E-state index >= 15 is 0 Å². The molecule has 0 radical (unpaired) electrons. The molecule has 0 fully saturated rings. The van der Waals surface area contributed by atoms with Gasteiger partial charge in [0.1, 0.15) is 18.1 Å². The summed E-state index contributed by atoms with van der Waals surface area (Å²) < 4.78 is 0. The summed E-state index contributed by atoms with van der Waals surface area (Å²) in [6, 6.07) is 14.6. The molecule has 11 N–H and O–H groups in total. The summed E-state index contributed by atoms with van der Waals surface area (Å²) in [4.78, 5) is 56.0. The minimum absolute atomic E-state index is 0.0944. The van der Waals surface area contributed by atoms with Gasteiger partial charge in [-0.3, -0.25) is 24.2 Å². The average molecular weight is 581 g/mol. The van der Waals surface area contributed by atoms with Crippen molar-refractivity contribution < 1.29 is 19.2 Å². The van der Waals surface area contributed by atoms with E-state index in [0.717, 1.165) is 11.1 Å². The van der Waals surface area contributed by atoms with Crippen molar-refractivity contribution in [1.82, 2.24) is 16.0 Å². The highest BCUT2D eigenvalue weighted by molar-refractivity contribution is 5.94. The molecular weight excluding hydrogens is 536 g/mol. The fraction of sp³-hybridized carbons (Fsp3) is 0.433. The van der Waals surface area contributed by atoms with Crippen molar-refractivity contribution in [2.24, 2.45) is 33.8 Å². The van der Waals surface area contributed by atoms with Crippen LogP contribution >= 0.6 is 0 Å². The first-order valence-corrected chi connectivity index (χ1v) is 14.1. The van der Waals surface area contributed by atoms with Crippen molar-refractivity contribution in [2.75, 3.05) is 6.54 Å². The Balaban J connectivity index is 2.18. The number of rotatable bonds is 17. The Hall–Kier alpha value is -4.45. The molecule has 0 heterocycles. The van der Waals surface area contributed by atoms with Gasteiger partial charge in [0.2, 0.25) is 23.6 Å². The van der Waals surface area contributed by atoms with Gasteiger partial charge in [0.25, 0.3) is 0 Å². The normalized spacial score (nSPS) is 14.4. The summed E-state index contributed by atoms with van der Waals surface area (Å²) in [6.07, 6.45) is 1.58. The molecule has 2 aromatic rings. The number of guanidine groups is 1. The molecule has 0 spiro atoms. The van der Waals surface area contributed by atoms with Gasteiger partial charge in [-0.05, 0) is 36.3 Å². The van der Waals surface area contributed by atoms with Gasteiger partial charge < -0.3 is 38.9 Å². The molecule has 0 bridgehead atoms. The van der Waals surface area contributed by atoms with Crippen molar-refractivity contribution in [2.45, 2.75) is 70.1 Å². The maximum atomic E-state index is 13.5. The zero-order valence-corrected chi connectivity index (χ0v) is 24.3. The largest absolute Gasteiger partial charge is 0.370 e. The first-order valence-electron chi connectivity index (χ1n) is 14.1. The molecule has 42 heavy (non-hydrogen) atoms. The molecule has 5 unspecified atom stereocenters. The van der Waals surface area contributed by atoms with Gasteiger partial charge in [-0.15, -0.1) is 0 Å². The van der Waals surface area contributed by atoms with Crippen molar-refractivity contribution in [3.63, 3.8) is 0 Å². The summed E-state index contributed by atoms with van der Waals surface area (Å²) in [5, 5.41) is 8.19. The zero-order valence-electron chi connectivity index (χ0n) is 24.3. The molecule has 4 amide bonds. The van der Waals surface area contributed by atoms with Crippen molar-refractivity contribution in [3.8, 4) is 0 Å².